The van der Waals surface area contributed by atoms with Crippen LogP contribution in [0.25, 0.3) is 0 Å². The van der Waals surface area contributed by atoms with E-state index in [0.29, 0.717) is 6.61 Å². The molecule has 19 heavy (non-hydrogen) atoms. The van der Waals surface area contributed by atoms with E-state index in [2.05, 4.69) is 13.8 Å². The third-order valence-corrected chi connectivity index (χ3v) is 4.87. The van der Waals surface area contributed by atoms with Crippen LogP contribution < -0.4 is 0 Å². The molecule has 1 unspecified atom stereocenters. The zero-order valence-electron chi connectivity index (χ0n) is 12.2. The maximum Gasteiger partial charge on any atom is 0.160 e. The van der Waals surface area contributed by atoms with E-state index in [1.807, 2.05) is 13.8 Å². The van der Waals surface area contributed by atoms with Gasteiger partial charge in [-0.1, -0.05) is 34.1 Å². The zero-order valence-corrected chi connectivity index (χ0v) is 13.0. The van der Waals surface area contributed by atoms with Crippen LogP contribution in [-0.4, -0.2) is 37.7 Å². The summed E-state index contributed by atoms with van der Waals surface area (Å²) in [6, 6.07) is 0. The summed E-state index contributed by atoms with van der Waals surface area (Å²) in [5.74, 6) is 0.00752. The molecule has 0 aromatic heterocycles. The third-order valence-electron chi connectivity index (χ3n) is 4.13. The second-order valence-corrected chi connectivity index (χ2v) is 7.02. The van der Waals surface area contributed by atoms with Crippen molar-refractivity contribution in [2.24, 2.45) is 17.8 Å². The molecule has 0 spiro atoms. The summed E-state index contributed by atoms with van der Waals surface area (Å²) < 4.78 is 44.2. The SMILES string of the molecule is CCCCOC1O[C@H](CS(=O)(=O)[O-])[C@@H](C)[C@H](C)[C@H]1C. The highest BCUT2D eigenvalue weighted by Gasteiger charge is 2.40. The fourth-order valence-corrected chi connectivity index (χ4v) is 3.20. The number of hydrogen-bond donors (Lipinski definition) is 0. The van der Waals surface area contributed by atoms with Crippen molar-refractivity contribution in [1.82, 2.24) is 0 Å². The molecule has 1 aliphatic heterocycles. The Balaban J connectivity index is 2.68. The molecular formula is C13H25O5S-. The summed E-state index contributed by atoms with van der Waals surface area (Å²) in [7, 11) is -4.28. The molecule has 1 saturated heterocycles. The summed E-state index contributed by atoms with van der Waals surface area (Å²) >= 11 is 0. The van der Waals surface area contributed by atoms with Gasteiger partial charge in [0.05, 0.1) is 22.0 Å². The van der Waals surface area contributed by atoms with Gasteiger partial charge in [0.15, 0.2) is 6.29 Å². The van der Waals surface area contributed by atoms with Gasteiger partial charge < -0.3 is 14.0 Å². The monoisotopic (exact) mass is 293 g/mol. The van der Waals surface area contributed by atoms with Crippen molar-refractivity contribution in [2.45, 2.75) is 52.9 Å². The first-order chi connectivity index (χ1) is 8.76. The van der Waals surface area contributed by atoms with Gasteiger partial charge >= 0.3 is 0 Å². The van der Waals surface area contributed by atoms with Crippen molar-refractivity contribution in [3.63, 3.8) is 0 Å². The van der Waals surface area contributed by atoms with E-state index in [0.717, 1.165) is 12.8 Å². The van der Waals surface area contributed by atoms with Crippen LogP contribution in [0.5, 0.6) is 0 Å². The van der Waals surface area contributed by atoms with Gasteiger partial charge in [0.1, 0.15) is 0 Å². The van der Waals surface area contributed by atoms with E-state index in [4.69, 9.17) is 9.47 Å². The Hall–Kier alpha value is -0.170. The summed E-state index contributed by atoms with van der Waals surface area (Å²) in [5.41, 5.74) is 0. The van der Waals surface area contributed by atoms with Crippen LogP contribution in [0.15, 0.2) is 0 Å². The lowest BCUT2D eigenvalue weighted by atomic mass is 9.79. The highest BCUT2D eigenvalue weighted by molar-refractivity contribution is 7.85. The Morgan fingerprint density at radius 3 is 2.32 bits per heavy atom. The van der Waals surface area contributed by atoms with Gasteiger partial charge in [-0.05, 0) is 18.3 Å². The lowest BCUT2D eigenvalue weighted by Gasteiger charge is -2.43. The van der Waals surface area contributed by atoms with Crippen LogP contribution in [0.3, 0.4) is 0 Å². The maximum absolute atomic E-state index is 10.9. The van der Waals surface area contributed by atoms with E-state index in [1.165, 1.54) is 0 Å². The molecule has 5 nitrogen and oxygen atoms in total. The Morgan fingerprint density at radius 1 is 1.16 bits per heavy atom. The average molecular weight is 293 g/mol. The number of ether oxygens (including phenoxy) is 2. The second kappa shape index (κ2) is 7.02. The first-order valence-electron chi connectivity index (χ1n) is 6.97. The quantitative estimate of drug-likeness (QED) is 0.553. The van der Waals surface area contributed by atoms with Crippen molar-refractivity contribution in [3.05, 3.63) is 0 Å². The van der Waals surface area contributed by atoms with Gasteiger partial charge in [-0.25, -0.2) is 8.42 Å². The standard InChI is InChI=1S/C13H26O5S/c1-5-6-7-17-13-11(4)9(2)10(3)12(18-13)8-19(14,15)16/h9-13H,5-8H2,1-4H3,(H,14,15,16)/p-1/t9-,10-,11+,12+,13?/m0/s1. The number of hydrogen-bond acceptors (Lipinski definition) is 5. The topological polar surface area (TPSA) is 75.7 Å². The predicted molar refractivity (Wildman–Crippen MR) is 71.6 cm³/mol. The molecule has 1 fully saturated rings. The molecule has 1 aliphatic rings. The molecule has 0 radical (unpaired) electrons. The average Bonchev–Trinajstić information content (AvgIpc) is 2.30. The highest BCUT2D eigenvalue weighted by Crippen LogP contribution is 2.35. The molecular weight excluding hydrogens is 268 g/mol. The van der Waals surface area contributed by atoms with Crippen LogP contribution in [0.2, 0.25) is 0 Å². The number of unbranched alkanes of at least 4 members (excludes halogenated alkanes) is 1. The Kier molecular flexibility index (Phi) is 6.23. The fraction of sp³-hybridized carbons (Fsp3) is 1.00. The van der Waals surface area contributed by atoms with Gasteiger partial charge in [0, 0.05) is 12.5 Å². The van der Waals surface area contributed by atoms with Gasteiger partial charge in [-0.3, -0.25) is 0 Å². The first-order valence-corrected chi connectivity index (χ1v) is 8.54. The van der Waals surface area contributed by atoms with Crippen LogP contribution >= 0.6 is 0 Å². The van der Waals surface area contributed by atoms with Crippen LogP contribution in [-0.2, 0) is 19.6 Å². The lowest BCUT2D eigenvalue weighted by Crippen LogP contribution is -2.48. The molecule has 0 aromatic carbocycles. The normalized spacial score (nSPS) is 36.4. The molecule has 0 bridgehead atoms. The van der Waals surface area contributed by atoms with E-state index < -0.39 is 28.3 Å². The molecule has 1 rings (SSSR count). The van der Waals surface area contributed by atoms with Crippen LogP contribution in [0.1, 0.15) is 40.5 Å². The minimum absolute atomic E-state index is 0.0322. The van der Waals surface area contributed by atoms with Gasteiger partial charge in [0.25, 0.3) is 0 Å². The molecule has 114 valence electrons. The predicted octanol–water partition coefficient (Wildman–Crippen LogP) is 1.98. The zero-order chi connectivity index (χ0) is 14.6. The molecule has 1 heterocycles. The molecule has 5 atom stereocenters. The Labute approximate surface area is 116 Å². The van der Waals surface area contributed by atoms with Gasteiger partial charge in [-0.2, -0.15) is 0 Å². The molecule has 0 saturated carbocycles. The largest absolute Gasteiger partial charge is 0.748 e. The fourth-order valence-electron chi connectivity index (χ4n) is 2.41. The lowest BCUT2D eigenvalue weighted by molar-refractivity contribution is -0.242. The van der Waals surface area contributed by atoms with Crippen LogP contribution in [0.4, 0.5) is 0 Å². The first kappa shape index (κ1) is 16.9. The van der Waals surface area contributed by atoms with E-state index >= 15 is 0 Å². The molecule has 0 aliphatic carbocycles. The third kappa shape index (κ3) is 5.02. The second-order valence-electron chi connectivity index (χ2n) is 5.57. The van der Waals surface area contributed by atoms with Crippen molar-refractivity contribution in [2.75, 3.05) is 12.4 Å². The maximum atomic E-state index is 10.9. The summed E-state index contributed by atoms with van der Waals surface area (Å²) in [6.07, 6.45) is 0.997. The van der Waals surface area contributed by atoms with Crippen molar-refractivity contribution >= 4 is 10.1 Å². The molecule has 0 N–H and O–H groups in total. The van der Waals surface area contributed by atoms with E-state index in [9.17, 15) is 13.0 Å². The van der Waals surface area contributed by atoms with Gasteiger partial charge in [-0.15, -0.1) is 0 Å². The number of rotatable bonds is 6. The molecule has 0 aromatic rings. The minimum Gasteiger partial charge on any atom is -0.748 e. The Morgan fingerprint density at radius 2 is 1.79 bits per heavy atom. The molecule has 6 heteroatoms. The van der Waals surface area contributed by atoms with Crippen molar-refractivity contribution < 1.29 is 22.4 Å². The highest BCUT2D eigenvalue weighted by atomic mass is 32.2. The molecule has 0 amide bonds. The van der Waals surface area contributed by atoms with E-state index in [1.54, 1.807) is 0 Å². The summed E-state index contributed by atoms with van der Waals surface area (Å²) in [4.78, 5) is 0. The smallest absolute Gasteiger partial charge is 0.160 e. The van der Waals surface area contributed by atoms with Gasteiger partial charge in [0.2, 0.25) is 0 Å². The van der Waals surface area contributed by atoms with E-state index in [-0.39, 0.29) is 17.8 Å². The summed E-state index contributed by atoms with van der Waals surface area (Å²) in [5, 5.41) is 0. The van der Waals surface area contributed by atoms with Crippen LogP contribution in [0, 0.1) is 17.8 Å². The summed E-state index contributed by atoms with van der Waals surface area (Å²) in [6.45, 7) is 8.70. The minimum atomic E-state index is -4.28. The Bertz CT molecular complexity index is 367. The van der Waals surface area contributed by atoms with Crippen molar-refractivity contribution in [1.29, 1.82) is 0 Å². The van der Waals surface area contributed by atoms with Crippen molar-refractivity contribution in [3.8, 4) is 0 Å².